The van der Waals surface area contributed by atoms with Crippen LogP contribution < -0.4 is 4.74 Å². The van der Waals surface area contributed by atoms with E-state index in [0.717, 1.165) is 11.7 Å². The highest BCUT2D eigenvalue weighted by Crippen LogP contribution is 2.38. The zero-order valence-electron chi connectivity index (χ0n) is 12.2. The molecular formula is C18H20OS. The summed E-state index contributed by atoms with van der Waals surface area (Å²) in [5, 5.41) is 5.00. The Morgan fingerprint density at radius 2 is 1.40 bits per heavy atom. The fourth-order valence-electron chi connectivity index (χ4n) is 2.38. The van der Waals surface area contributed by atoms with Crippen LogP contribution in [0.2, 0.25) is 0 Å². The minimum atomic E-state index is -0.666. The molecule has 2 heteroatoms. The maximum atomic E-state index is 6.13. The van der Waals surface area contributed by atoms with Gasteiger partial charge in [-0.05, 0) is 41.0 Å². The largest absolute Gasteiger partial charge is 0.484 e. The van der Waals surface area contributed by atoms with E-state index in [0.29, 0.717) is 0 Å². The molecule has 0 spiro atoms. The molecule has 0 bridgehead atoms. The van der Waals surface area contributed by atoms with Gasteiger partial charge in [-0.1, -0.05) is 48.5 Å². The Morgan fingerprint density at radius 3 is 2.10 bits per heavy atom. The van der Waals surface area contributed by atoms with Crippen LogP contribution in [0.25, 0.3) is 21.5 Å². The zero-order chi connectivity index (χ0) is 14.2. The van der Waals surface area contributed by atoms with Gasteiger partial charge in [0.05, 0.1) is 0 Å². The Kier molecular flexibility index (Phi) is 3.35. The Bertz CT molecular complexity index is 756. The van der Waals surface area contributed by atoms with Gasteiger partial charge in [-0.25, -0.2) is 10.0 Å². The van der Waals surface area contributed by atoms with Crippen LogP contribution in [0, 0.1) is 0 Å². The average Bonchev–Trinajstić information content (AvgIpc) is 2.44. The van der Waals surface area contributed by atoms with Crippen molar-refractivity contribution in [1.29, 1.82) is 0 Å². The Labute approximate surface area is 121 Å². The van der Waals surface area contributed by atoms with E-state index in [1.54, 1.807) is 0 Å². The molecule has 0 heterocycles. The molecule has 20 heavy (non-hydrogen) atoms. The standard InChI is InChI=1S/C18H20OS/c1-20(2,3)13-19-18-12-14-8-4-5-9-15(14)16-10-6-7-11-17(16)18/h4-12H,13H2,1-3H3. The summed E-state index contributed by atoms with van der Waals surface area (Å²) in [5.74, 6) is 1.80. The van der Waals surface area contributed by atoms with Gasteiger partial charge in [0.15, 0.2) is 0 Å². The first-order valence-electron chi connectivity index (χ1n) is 6.74. The van der Waals surface area contributed by atoms with Gasteiger partial charge in [0.1, 0.15) is 11.7 Å². The van der Waals surface area contributed by atoms with Crippen LogP contribution in [-0.4, -0.2) is 24.7 Å². The first-order chi connectivity index (χ1) is 9.54. The highest BCUT2D eigenvalue weighted by molar-refractivity contribution is 8.32. The lowest BCUT2D eigenvalue weighted by Gasteiger charge is -2.25. The van der Waals surface area contributed by atoms with Crippen molar-refractivity contribution in [3.8, 4) is 5.75 Å². The molecule has 0 N–H and O–H groups in total. The lowest BCUT2D eigenvalue weighted by molar-refractivity contribution is 0.395. The molecule has 3 aromatic rings. The van der Waals surface area contributed by atoms with E-state index in [2.05, 4.69) is 73.4 Å². The molecule has 0 saturated carbocycles. The quantitative estimate of drug-likeness (QED) is 0.613. The lowest BCUT2D eigenvalue weighted by Crippen LogP contribution is -2.06. The summed E-state index contributed by atoms with van der Waals surface area (Å²) in [6, 6.07) is 19.2. The summed E-state index contributed by atoms with van der Waals surface area (Å²) in [6.07, 6.45) is 6.82. The topological polar surface area (TPSA) is 9.23 Å². The summed E-state index contributed by atoms with van der Waals surface area (Å²) in [5.41, 5.74) is 0. The van der Waals surface area contributed by atoms with Crippen LogP contribution in [0.5, 0.6) is 5.75 Å². The summed E-state index contributed by atoms with van der Waals surface area (Å²) < 4.78 is 6.13. The molecule has 1 nitrogen and oxygen atoms in total. The number of hydrogen-bond donors (Lipinski definition) is 0. The number of hydrogen-bond acceptors (Lipinski definition) is 1. The molecule has 0 aliphatic carbocycles. The minimum absolute atomic E-state index is 0.666. The molecule has 0 unspecified atom stereocenters. The summed E-state index contributed by atoms with van der Waals surface area (Å²) in [4.78, 5) is 0. The Morgan fingerprint density at radius 1 is 0.800 bits per heavy atom. The molecule has 0 saturated heterocycles. The molecule has 0 aliphatic heterocycles. The first kappa shape index (κ1) is 13.3. The molecule has 0 radical (unpaired) electrons. The van der Waals surface area contributed by atoms with E-state index >= 15 is 0 Å². The summed E-state index contributed by atoms with van der Waals surface area (Å²) in [6.45, 7) is 0. The van der Waals surface area contributed by atoms with Crippen LogP contribution in [0.3, 0.4) is 0 Å². The minimum Gasteiger partial charge on any atom is -0.484 e. The summed E-state index contributed by atoms with van der Waals surface area (Å²) in [7, 11) is -0.666. The van der Waals surface area contributed by atoms with Crippen LogP contribution >= 0.6 is 10.0 Å². The van der Waals surface area contributed by atoms with Crippen molar-refractivity contribution in [2.45, 2.75) is 0 Å². The van der Waals surface area contributed by atoms with Gasteiger partial charge in [0.25, 0.3) is 0 Å². The van der Waals surface area contributed by atoms with Gasteiger partial charge < -0.3 is 4.74 Å². The normalized spacial score (nSPS) is 12.8. The fourth-order valence-corrected chi connectivity index (χ4v) is 2.86. The monoisotopic (exact) mass is 284 g/mol. The van der Waals surface area contributed by atoms with Crippen molar-refractivity contribution in [1.82, 2.24) is 0 Å². The predicted octanol–water partition coefficient (Wildman–Crippen LogP) is 5.02. The van der Waals surface area contributed by atoms with Crippen molar-refractivity contribution in [3.63, 3.8) is 0 Å². The van der Waals surface area contributed by atoms with Crippen LogP contribution in [-0.2, 0) is 0 Å². The maximum Gasteiger partial charge on any atom is 0.128 e. The smallest absolute Gasteiger partial charge is 0.128 e. The van der Waals surface area contributed by atoms with Gasteiger partial charge in [-0.2, -0.15) is 0 Å². The van der Waals surface area contributed by atoms with Gasteiger partial charge in [-0.15, -0.1) is 0 Å². The molecule has 104 valence electrons. The molecule has 0 atom stereocenters. The zero-order valence-corrected chi connectivity index (χ0v) is 13.0. The molecule has 0 amide bonds. The third-order valence-electron chi connectivity index (χ3n) is 3.30. The van der Waals surface area contributed by atoms with Gasteiger partial charge >= 0.3 is 0 Å². The maximum absolute atomic E-state index is 6.13. The third-order valence-corrected chi connectivity index (χ3v) is 4.12. The highest BCUT2D eigenvalue weighted by Gasteiger charge is 2.10. The second kappa shape index (κ2) is 5.02. The lowest BCUT2D eigenvalue weighted by atomic mass is 10.0. The van der Waals surface area contributed by atoms with E-state index in [-0.39, 0.29) is 0 Å². The van der Waals surface area contributed by atoms with Crippen molar-refractivity contribution in [3.05, 3.63) is 54.6 Å². The number of fused-ring (bicyclic) bond motifs is 3. The molecule has 0 aromatic heterocycles. The molecular weight excluding hydrogens is 264 g/mol. The van der Waals surface area contributed by atoms with Crippen LogP contribution in [0.1, 0.15) is 0 Å². The number of ether oxygens (including phenoxy) is 1. The highest BCUT2D eigenvalue weighted by atomic mass is 32.3. The molecule has 0 aliphatic rings. The van der Waals surface area contributed by atoms with E-state index in [1.807, 2.05) is 0 Å². The Hall–Kier alpha value is -1.67. The first-order valence-corrected chi connectivity index (χ1v) is 9.77. The predicted molar refractivity (Wildman–Crippen MR) is 92.3 cm³/mol. The average molecular weight is 284 g/mol. The molecule has 3 aromatic carbocycles. The van der Waals surface area contributed by atoms with Crippen LogP contribution in [0.15, 0.2) is 54.6 Å². The SMILES string of the molecule is CS(C)(C)COc1cc2ccccc2c2ccccc12. The van der Waals surface area contributed by atoms with Crippen LogP contribution in [0.4, 0.5) is 0 Å². The van der Waals surface area contributed by atoms with E-state index in [1.165, 1.54) is 21.5 Å². The van der Waals surface area contributed by atoms with Crippen molar-refractivity contribution in [2.75, 3.05) is 24.7 Å². The Balaban J connectivity index is 2.19. The van der Waals surface area contributed by atoms with Gasteiger partial charge in [0, 0.05) is 5.39 Å². The van der Waals surface area contributed by atoms with Crippen molar-refractivity contribution >= 4 is 31.6 Å². The number of benzene rings is 3. The molecule has 0 fully saturated rings. The summed E-state index contributed by atoms with van der Waals surface area (Å²) >= 11 is 0. The van der Waals surface area contributed by atoms with Gasteiger partial charge in [0.2, 0.25) is 0 Å². The second-order valence-electron chi connectivity index (χ2n) is 5.99. The van der Waals surface area contributed by atoms with E-state index < -0.39 is 10.0 Å². The van der Waals surface area contributed by atoms with Crippen molar-refractivity contribution < 1.29 is 4.74 Å². The number of rotatable bonds is 3. The fraction of sp³-hybridized carbons (Fsp3) is 0.222. The van der Waals surface area contributed by atoms with E-state index in [4.69, 9.17) is 4.74 Å². The molecule has 3 rings (SSSR count). The second-order valence-corrected chi connectivity index (χ2v) is 10.4. The van der Waals surface area contributed by atoms with E-state index in [9.17, 15) is 0 Å². The third kappa shape index (κ3) is 2.61. The van der Waals surface area contributed by atoms with Crippen molar-refractivity contribution in [2.24, 2.45) is 0 Å². The van der Waals surface area contributed by atoms with Gasteiger partial charge in [-0.3, -0.25) is 0 Å².